The van der Waals surface area contributed by atoms with Gasteiger partial charge in [-0.25, -0.2) is 0 Å². The molecule has 2 aliphatic rings. The number of halogens is 2. The number of amides is 2. The summed E-state index contributed by atoms with van der Waals surface area (Å²) in [5.74, 6) is 0.529. The molecule has 0 spiro atoms. The van der Waals surface area contributed by atoms with Crippen LogP contribution in [0.25, 0.3) is 17.4 Å². The Kier molecular flexibility index (Phi) is 7.35. The van der Waals surface area contributed by atoms with E-state index < -0.39 is 0 Å². The van der Waals surface area contributed by atoms with E-state index >= 15 is 0 Å². The van der Waals surface area contributed by atoms with Gasteiger partial charge in [0.05, 0.1) is 9.93 Å². The second-order valence-corrected chi connectivity index (χ2v) is 10.4. The fraction of sp³-hybridized carbons (Fsp3) is 0.174. The molecule has 4 rings (SSSR count). The molecule has 1 atom stereocenters. The number of carbonyl (C=O) groups is 2. The van der Waals surface area contributed by atoms with Crippen molar-refractivity contribution in [3.63, 3.8) is 0 Å². The van der Waals surface area contributed by atoms with Crippen molar-refractivity contribution in [2.24, 2.45) is 0 Å². The van der Waals surface area contributed by atoms with Crippen molar-refractivity contribution in [3.05, 3.63) is 75.9 Å². The highest BCUT2D eigenvalue weighted by molar-refractivity contribution is 9.09. The maximum Gasteiger partial charge on any atom is 0.266 e. The number of alkyl halides is 1. The molecule has 5 nitrogen and oxygen atoms in total. The van der Waals surface area contributed by atoms with Gasteiger partial charge in [-0.1, -0.05) is 81.9 Å². The van der Waals surface area contributed by atoms with Gasteiger partial charge >= 0.3 is 0 Å². The van der Waals surface area contributed by atoms with Crippen LogP contribution in [0, 0.1) is 0 Å². The Morgan fingerprint density at radius 3 is 2.91 bits per heavy atom. The highest BCUT2D eigenvalue weighted by Crippen LogP contribution is 2.34. The summed E-state index contributed by atoms with van der Waals surface area (Å²) < 4.78 is 6.18. The van der Waals surface area contributed by atoms with Crippen molar-refractivity contribution in [2.75, 3.05) is 13.1 Å². The van der Waals surface area contributed by atoms with E-state index in [1.54, 1.807) is 24.3 Å². The summed E-state index contributed by atoms with van der Waals surface area (Å²) in [6.07, 6.45) is 8.60. The molecule has 0 radical (unpaired) electrons. The Labute approximate surface area is 208 Å². The number of thiocarbonyl (C=S) groups is 1. The number of hydrogen-bond acceptors (Lipinski definition) is 5. The van der Waals surface area contributed by atoms with Crippen molar-refractivity contribution in [3.8, 4) is 11.3 Å². The molecule has 1 unspecified atom stereocenters. The fourth-order valence-electron chi connectivity index (χ4n) is 3.17. The van der Waals surface area contributed by atoms with Gasteiger partial charge in [-0.3, -0.25) is 14.5 Å². The lowest BCUT2D eigenvalue weighted by Gasteiger charge is -2.15. The summed E-state index contributed by atoms with van der Waals surface area (Å²) >= 11 is 16.2. The zero-order valence-corrected chi connectivity index (χ0v) is 20.7. The van der Waals surface area contributed by atoms with Crippen molar-refractivity contribution >= 4 is 73.7 Å². The summed E-state index contributed by atoms with van der Waals surface area (Å²) in [5, 5.41) is 3.42. The van der Waals surface area contributed by atoms with Gasteiger partial charge in [-0.05, 0) is 36.3 Å². The van der Waals surface area contributed by atoms with Crippen molar-refractivity contribution in [1.29, 1.82) is 0 Å². The monoisotopic (exact) mass is 548 g/mol. The molecule has 9 heteroatoms. The Balaban J connectivity index is 1.38. The van der Waals surface area contributed by atoms with Crippen LogP contribution in [0.5, 0.6) is 0 Å². The highest BCUT2D eigenvalue weighted by Gasteiger charge is 2.33. The number of furan rings is 1. The number of carbonyl (C=O) groups excluding carboxylic acids is 2. The third-order valence-corrected chi connectivity index (χ3v) is 7.22. The maximum absolute atomic E-state index is 12.8. The molecule has 2 amide bonds. The van der Waals surface area contributed by atoms with E-state index in [-0.39, 0.29) is 18.4 Å². The standard InChI is InChI=1S/C23H18BrClN2O3S2/c24-15-7-5-14(6-8-15)12-26-21(28)13-27-22(29)20(32-23(27)31)11-16-9-10-19(30-16)17-3-1-2-4-18(17)25/h1-7,9-11,15H,8,12-13H2,(H,26,28)/b20-11-. The predicted molar refractivity (Wildman–Crippen MR) is 137 cm³/mol. The van der Waals surface area contributed by atoms with E-state index in [0.717, 1.165) is 29.3 Å². The van der Waals surface area contributed by atoms with Crippen LogP contribution in [0.2, 0.25) is 5.02 Å². The van der Waals surface area contributed by atoms with Crippen LogP contribution < -0.4 is 5.32 Å². The van der Waals surface area contributed by atoms with Gasteiger partial charge in [-0.2, -0.15) is 0 Å². The third-order valence-electron chi connectivity index (χ3n) is 4.83. The predicted octanol–water partition coefficient (Wildman–Crippen LogP) is 5.57. The van der Waals surface area contributed by atoms with E-state index in [1.807, 2.05) is 30.4 Å². The smallest absolute Gasteiger partial charge is 0.266 e. The Morgan fingerprint density at radius 2 is 2.16 bits per heavy atom. The first kappa shape index (κ1) is 23.0. The Morgan fingerprint density at radius 1 is 1.34 bits per heavy atom. The maximum atomic E-state index is 12.8. The molecule has 1 aromatic heterocycles. The largest absolute Gasteiger partial charge is 0.457 e. The van der Waals surface area contributed by atoms with Crippen LogP contribution >= 0.6 is 51.5 Å². The molecule has 1 N–H and O–H groups in total. The average molecular weight is 550 g/mol. The molecule has 32 heavy (non-hydrogen) atoms. The summed E-state index contributed by atoms with van der Waals surface area (Å²) in [6.45, 7) is 0.292. The van der Waals surface area contributed by atoms with Crippen molar-refractivity contribution in [1.82, 2.24) is 10.2 Å². The number of benzene rings is 1. The van der Waals surface area contributed by atoms with E-state index in [2.05, 4.69) is 27.3 Å². The van der Waals surface area contributed by atoms with Gasteiger partial charge in [0, 0.05) is 23.0 Å². The van der Waals surface area contributed by atoms with Crippen LogP contribution in [0.4, 0.5) is 0 Å². The lowest BCUT2D eigenvalue weighted by molar-refractivity contribution is -0.128. The number of rotatable bonds is 6. The first-order valence-corrected chi connectivity index (χ1v) is 12.3. The summed E-state index contributed by atoms with van der Waals surface area (Å²) in [5.41, 5.74) is 1.80. The molecule has 0 bridgehead atoms. The van der Waals surface area contributed by atoms with E-state index in [0.29, 0.717) is 37.1 Å². The van der Waals surface area contributed by atoms with Gasteiger partial charge < -0.3 is 9.73 Å². The molecule has 1 aliphatic heterocycles. The fourth-order valence-corrected chi connectivity index (χ4v) is 4.98. The molecular formula is C23H18BrClN2O3S2. The lowest BCUT2D eigenvalue weighted by Crippen LogP contribution is -2.40. The van der Waals surface area contributed by atoms with Gasteiger partial charge in [0.1, 0.15) is 22.4 Å². The van der Waals surface area contributed by atoms with E-state index in [9.17, 15) is 9.59 Å². The number of hydrogen-bond donors (Lipinski definition) is 1. The van der Waals surface area contributed by atoms with E-state index in [4.69, 9.17) is 28.2 Å². The van der Waals surface area contributed by atoms with Gasteiger partial charge in [-0.15, -0.1) is 0 Å². The number of thioether (sulfide) groups is 1. The quantitative estimate of drug-likeness (QED) is 0.290. The van der Waals surface area contributed by atoms with E-state index in [1.165, 1.54) is 4.90 Å². The first-order valence-electron chi connectivity index (χ1n) is 9.79. The normalized spacial score (nSPS) is 19.6. The molecule has 1 saturated heterocycles. The molecule has 164 valence electrons. The molecular weight excluding hydrogens is 532 g/mol. The minimum atomic E-state index is -0.315. The second-order valence-electron chi connectivity index (χ2n) is 7.12. The minimum Gasteiger partial charge on any atom is -0.457 e. The van der Waals surface area contributed by atoms with Crippen LogP contribution in [0.15, 0.2) is 69.5 Å². The molecule has 1 fully saturated rings. The lowest BCUT2D eigenvalue weighted by atomic mass is 10.1. The topological polar surface area (TPSA) is 62.6 Å². The summed E-state index contributed by atoms with van der Waals surface area (Å²) in [6, 6.07) is 10.9. The van der Waals surface area contributed by atoms with Crippen LogP contribution in [0.1, 0.15) is 12.2 Å². The Bertz CT molecular complexity index is 1170. The van der Waals surface area contributed by atoms with Gasteiger partial charge in [0.15, 0.2) is 0 Å². The highest BCUT2D eigenvalue weighted by atomic mass is 79.9. The zero-order chi connectivity index (χ0) is 22.7. The summed E-state index contributed by atoms with van der Waals surface area (Å²) in [7, 11) is 0. The van der Waals surface area contributed by atoms with Crippen LogP contribution in [-0.2, 0) is 9.59 Å². The molecule has 1 aromatic carbocycles. The van der Waals surface area contributed by atoms with Crippen LogP contribution in [-0.4, -0.2) is 39.0 Å². The molecule has 2 heterocycles. The second kappa shape index (κ2) is 10.2. The van der Waals surface area contributed by atoms with Crippen molar-refractivity contribution < 1.29 is 14.0 Å². The van der Waals surface area contributed by atoms with Gasteiger partial charge in [0.25, 0.3) is 5.91 Å². The SMILES string of the molecule is O=C(CN1C(=O)/C(=C/c2ccc(-c3ccccc3Cl)o2)SC1=S)NCC1=CCC(Br)C=C1. The third kappa shape index (κ3) is 5.43. The Hall–Kier alpha value is -2.13. The molecule has 1 aliphatic carbocycles. The minimum absolute atomic E-state index is 0.122. The summed E-state index contributed by atoms with van der Waals surface area (Å²) in [4.78, 5) is 27.2. The zero-order valence-electron chi connectivity index (χ0n) is 16.7. The number of nitrogens with zero attached hydrogens (tertiary/aromatic N) is 1. The van der Waals surface area contributed by atoms with Gasteiger partial charge in [0.2, 0.25) is 5.91 Å². The number of allylic oxidation sites excluding steroid dienone is 2. The molecule has 2 aromatic rings. The van der Waals surface area contributed by atoms with Crippen LogP contribution in [0.3, 0.4) is 0 Å². The van der Waals surface area contributed by atoms with Crippen molar-refractivity contribution in [2.45, 2.75) is 11.2 Å². The number of nitrogens with one attached hydrogen (secondary N) is 1. The molecule has 0 saturated carbocycles. The first-order chi connectivity index (χ1) is 15.4. The average Bonchev–Trinajstić information content (AvgIpc) is 3.34.